The second kappa shape index (κ2) is 8.01. The number of rotatable bonds is 4. The lowest BCUT2D eigenvalue weighted by atomic mass is 9.70. The second-order valence-corrected chi connectivity index (χ2v) is 8.51. The van der Waals surface area contributed by atoms with Gasteiger partial charge in [0.15, 0.2) is 17.3 Å². The second-order valence-electron chi connectivity index (χ2n) is 8.51. The summed E-state index contributed by atoms with van der Waals surface area (Å²) in [6.07, 6.45) is 1.08. The lowest BCUT2D eigenvalue weighted by Gasteiger charge is -2.29. The Morgan fingerprint density at radius 2 is 1.60 bits per heavy atom. The van der Waals surface area contributed by atoms with Gasteiger partial charge in [-0.15, -0.1) is 0 Å². The number of hydrogen-bond acceptors (Lipinski definition) is 9. The van der Waals surface area contributed by atoms with E-state index in [4.69, 9.17) is 4.74 Å². The number of ketones is 3. The van der Waals surface area contributed by atoms with Crippen LogP contribution in [0.1, 0.15) is 52.6 Å². The van der Waals surface area contributed by atoms with Crippen molar-refractivity contribution in [2.75, 3.05) is 0 Å². The minimum atomic E-state index is -1.66. The number of Topliss-reactive ketones (excluding diaryl/α,β-unsaturated/α-hetero) is 2. The van der Waals surface area contributed by atoms with E-state index in [-0.39, 0.29) is 50.8 Å². The summed E-state index contributed by atoms with van der Waals surface area (Å²) in [6, 6.07) is 5.45. The Morgan fingerprint density at radius 3 is 2.20 bits per heavy atom. The molecule has 180 valence electrons. The van der Waals surface area contributed by atoms with Gasteiger partial charge in [0, 0.05) is 22.9 Å². The molecule has 0 saturated heterocycles. The summed E-state index contributed by atoms with van der Waals surface area (Å²) in [5.41, 5.74) is 3.03. The van der Waals surface area contributed by atoms with Crippen molar-refractivity contribution in [3.05, 3.63) is 69.6 Å². The molecular formula is C25H22N2O8. The van der Waals surface area contributed by atoms with Gasteiger partial charge in [-0.1, -0.05) is 0 Å². The largest absolute Gasteiger partial charge is 0.508 e. The monoisotopic (exact) mass is 478 g/mol. The number of aromatic hydroxyl groups is 3. The SMILES string of the molecule is CC(=O)c1c(O)c(C)c(O)c2c1OC1=CC(=O)/C(=C(/C)NNC(=O)c3ccc(O)cc3)C(=O)[C@@]12C. The lowest BCUT2D eigenvalue weighted by Crippen LogP contribution is -2.43. The number of carbonyl (C=O) groups excluding carboxylic acids is 4. The smallest absolute Gasteiger partial charge is 0.269 e. The summed E-state index contributed by atoms with van der Waals surface area (Å²) in [5, 5.41) is 30.6. The number of hydrazine groups is 1. The minimum absolute atomic E-state index is 0.00809. The Hall–Kier alpha value is -4.60. The van der Waals surface area contributed by atoms with Gasteiger partial charge in [-0.2, -0.15) is 0 Å². The zero-order valence-electron chi connectivity index (χ0n) is 19.3. The first-order valence-corrected chi connectivity index (χ1v) is 10.5. The number of allylic oxidation sites excluding steroid dienone is 4. The van der Waals surface area contributed by atoms with Crippen LogP contribution < -0.4 is 15.6 Å². The molecule has 1 amide bonds. The molecule has 35 heavy (non-hydrogen) atoms. The van der Waals surface area contributed by atoms with Gasteiger partial charge in [0.2, 0.25) is 0 Å². The standard InChI is InChI=1S/C25H22N2O8/c1-10-20(31)18(12(3)28)22-19(21(10)32)25(4)16(35-22)9-15(30)17(23(25)33)11(2)26-27-24(34)13-5-7-14(29)8-6-13/h5-9,26,29,31-32H,1-4H3,(H,27,34)/b17-11+/t25-/m0/s1. The Kier molecular flexibility index (Phi) is 5.39. The molecule has 0 aromatic heterocycles. The molecule has 0 bridgehead atoms. The van der Waals surface area contributed by atoms with E-state index in [9.17, 15) is 34.5 Å². The van der Waals surface area contributed by atoms with E-state index >= 15 is 0 Å². The fraction of sp³-hybridized carbons (Fsp3) is 0.200. The Bertz CT molecular complexity index is 1400. The Balaban J connectivity index is 1.76. The quantitative estimate of drug-likeness (QED) is 0.192. The molecule has 0 unspecified atom stereocenters. The maximum atomic E-state index is 13.7. The number of benzene rings is 2. The first kappa shape index (κ1) is 23.6. The molecule has 1 heterocycles. The van der Waals surface area contributed by atoms with Crippen LogP contribution in [-0.2, 0) is 15.0 Å². The van der Waals surface area contributed by atoms with E-state index in [1.54, 1.807) is 0 Å². The van der Waals surface area contributed by atoms with Crippen LogP contribution in [0.4, 0.5) is 0 Å². The number of ether oxygens (including phenoxy) is 1. The number of fused-ring (bicyclic) bond motifs is 3. The highest BCUT2D eigenvalue weighted by Gasteiger charge is 2.56. The molecule has 1 atom stereocenters. The summed E-state index contributed by atoms with van der Waals surface area (Å²) in [5.74, 6) is -3.73. The van der Waals surface area contributed by atoms with Crippen LogP contribution in [0.15, 0.2) is 47.4 Å². The first-order valence-electron chi connectivity index (χ1n) is 10.5. The van der Waals surface area contributed by atoms with Crippen molar-refractivity contribution >= 4 is 23.3 Å². The maximum Gasteiger partial charge on any atom is 0.269 e. The number of carbonyl (C=O) groups is 4. The average Bonchev–Trinajstić information content (AvgIpc) is 3.09. The molecule has 2 aromatic rings. The van der Waals surface area contributed by atoms with Gasteiger partial charge in [0.25, 0.3) is 5.91 Å². The Morgan fingerprint density at radius 1 is 0.971 bits per heavy atom. The molecular weight excluding hydrogens is 456 g/mol. The molecule has 2 aromatic carbocycles. The van der Waals surface area contributed by atoms with Crippen LogP contribution in [0.25, 0.3) is 0 Å². The van der Waals surface area contributed by atoms with E-state index in [2.05, 4.69) is 10.9 Å². The van der Waals surface area contributed by atoms with Crippen LogP contribution in [0.3, 0.4) is 0 Å². The molecule has 0 saturated carbocycles. The van der Waals surface area contributed by atoms with Gasteiger partial charge in [-0.05, 0) is 52.0 Å². The van der Waals surface area contributed by atoms with Crippen LogP contribution in [-0.4, -0.2) is 38.6 Å². The third kappa shape index (κ3) is 3.41. The number of amides is 1. The summed E-state index contributed by atoms with van der Waals surface area (Å²) in [4.78, 5) is 51.2. The fourth-order valence-corrected chi connectivity index (χ4v) is 4.26. The molecule has 0 spiro atoms. The van der Waals surface area contributed by atoms with E-state index in [1.165, 1.54) is 52.0 Å². The Labute approximate surface area is 199 Å². The molecule has 1 aliphatic heterocycles. The lowest BCUT2D eigenvalue weighted by molar-refractivity contribution is -0.123. The van der Waals surface area contributed by atoms with Gasteiger partial charge in [-0.3, -0.25) is 24.6 Å². The highest BCUT2D eigenvalue weighted by molar-refractivity contribution is 6.31. The van der Waals surface area contributed by atoms with Crippen molar-refractivity contribution in [3.63, 3.8) is 0 Å². The maximum absolute atomic E-state index is 13.7. The normalized spacial score (nSPS) is 19.8. The van der Waals surface area contributed by atoms with E-state index < -0.39 is 40.2 Å². The zero-order valence-corrected chi connectivity index (χ0v) is 19.3. The topological polar surface area (TPSA) is 162 Å². The highest BCUT2D eigenvalue weighted by atomic mass is 16.5. The predicted molar refractivity (Wildman–Crippen MR) is 122 cm³/mol. The third-order valence-electron chi connectivity index (χ3n) is 6.25. The van der Waals surface area contributed by atoms with Crippen LogP contribution in [0.2, 0.25) is 0 Å². The molecule has 0 radical (unpaired) electrons. The molecule has 10 heteroatoms. The third-order valence-corrected chi connectivity index (χ3v) is 6.25. The molecule has 5 N–H and O–H groups in total. The predicted octanol–water partition coefficient (Wildman–Crippen LogP) is 2.21. The fourth-order valence-electron chi connectivity index (χ4n) is 4.26. The van der Waals surface area contributed by atoms with Crippen molar-refractivity contribution in [2.24, 2.45) is 0 Å². The van der Waals surface area contributed by atoms with Crippen LogP contribution in [0, 0.1) is 6.92 Å². The van der Waals surface area contributed by atoms with Gasteiger partial charge in [0.05, 0.1) is 11.1 Å². The van der Waals surface area contributed by atoms with Gasteiger partial charge < -0.3 is 25.5 Å². The summed E-state index contributed by atoms with van der Waals surface area (Å²) < 4.78 is 5.70. The van der Waals surface area contributed by atoms with Crippen molar-refractivity contribution in [3.8, 4) is 23.0 Å². The molecule has 2 aliphatic rings. The summed E-state index contributed by atoms with van der Waals surface area (Å²) in [6.45, 7) is 5.46. The van der Waals surface area contributed by atoms with Crippen molar-refractivity contribution in [1.29, 1.82) is 0 Å². The van der Waals surface area contributed by atoms with Crippen LogP contribution >= 0.6 is 0 Å². The van der Waals surface area contributed by atoms with Crippen molar-refractivity contribution in [2.45, 2.75) is 33.1 Å². The van der Waals surface area contributed by atoms with Crippen molar-refractivity contribution < 1.29 is 39.2 Å². The van der Waals surface area contributed by atoms with Gasteiger partial charge in [0.1, 0.15) is 39.7 Å². The van der Waals surface area contributed by atoms with Gasteiger partial charge in [-0.25, -0.2) is 0 Å². The van der Waals surface area contributed by atoms with Crippen LogP contribution in [0.5, 0.6) is 23.0 Å². The molecule has 4 rings (SSSR count). The first-order chi connectivity index (χ1) is 16.4. The van der Waals surface area contributed by atoms with E-state index in [1.807, 2.05) is 0 Å². The number of hydrogen-bond donors (Lipinski definition) is 5. The zero-order chi connectivity index (χ0) is 25.8. The van der Waals surface area contributed by atoms with Crippen molar-refractivity contribution in [1.82, 2.24) is 10.9 Å². The van der Waals surface area contributed by atoms with Gasteiger partial charge >= 0.3 is 0 Å². The van der Waals surface area contributed by atoms with E-state index in [0.717, 1.165) is 6.08 Å². The average molecular weight is 478 g/mol. The molecule has 1 aliphatic carbocycles. The minimum Gasteiger partial charge on any atom is -0.508 e. The molecule has 0 fully saturated rings. The number of nitrogens with one attached hydrogen (secondary N) is 2. The highest BCUT2D eigenvalue weighted by Crippen LogP contribution is 2.57. The number of phenolic OH excluding ortho intramolecular Hbond substituents is 3. The number of phenols is 3. The summed E-state index contributed by atoms with van der Waals surface area (Å²) in [7, 11) is 0. The van der Waals surface area contributed by atoms with E-state index in [0.29, 0.717) is 0 Å². The molecule has 10 nitrogen and oxygen atoms in total. The summed E-state index contributed by atoms with van der Waals surface area (Å²) >= 11 is 0.